The number of amides is 1. The van der Waals surface area contributed by atoms with Crippen molar-refractivity contribution in [2.45, 2.75) is 63.6 Å². The number of aryl methyl sites for hydroxylation is 2. The zero-order valence-corrected chi connectivity index (χ0v) is 17.9. The maximum absolute atomic E-state index is 13.3. The van der Waals surface area contributed by atoms with Crippen molar-refractivity contribution in [3.8, 4) is 0 Å². The van der Waals surface area contributed by atoms with E-state index in [-0.39, 0.29) is 12.1 Å². The summed E-state index contributed by atoms with van der Waals surface area (Å²) in [4.78, 5) is 12.8. The molecule has 1 unspecified atom stereocenters. The lowest BCUT2D eigenvalue weighted by Gasteiger charge is -2.31. The zero-order chi connectivity index (χ0) is 22.6. The number of rotatable bonds is 5. The topological polar surface area (TPSA) is 106 Å². The van der Waals surface area contributed by atoms with Crippen molar-refractivity contribution in [1.29, 1.82) is 0 Å². The summed E-state index contributed by atoms with van der Waals surface area (Å²) in [5, 5.41) is 5.42. The second-order valence-corrected chi connectivity index (χ2v) is 10.1. The van der Waals surface area contributed by atoms with Crippen molar-refractivity contribution in [2.75, 3.05) is 13.1 Å². The number of primary sulfonamides is 1. The van der Waals surface area contributed by atoms with E-state index in [1.165, 1.54) is 4.90 Å². The first-order valence-corrected chi connectivity index (χ1v) is 12.1. The molecular weight excluding hydrogens is 431 g/mol. The molecule has 1 heterocycles. The number of alkyl halides is 3. The van der Waals surface area contributed by atoms with Gasteiger partial charge in [0.25, 0.3) is 5.91 Å². The van der Waals surface area contributed by atoms with Gasteiger partial charge >= 0.3 is 6.18 Å². The molecule has 1 aliphatic heterocycles. The number of hydrogen-bond acceptors (Lipinski definition) is 4. The van der Waals surface area contributed by atoms with E-state index in [1.807, 2.05) is 0 Å². The number of sulfonamides is 1. The summed E-state index contributed by atoms with van der Waals surface area (Å²) in [7, 11) is -4.55. The molecule has 4 N–H and O–H groups in total. The van der Waals surface area contributed by atoms with Gasteiger partial charge in [0.2, 0.25) is 10.0 Å². The van der Waals surface area contributed by atoms with Gasteiger partial charge < -0.3 is 5.73 Å². The normalized spacial score (nSPS) is 22.4. The molecule has 3 aliphatic rings. The van der Waals surface area contributed by atoms with Gasteiger partial charge in [-0.2, -0.15) is 13.2 Å². The van der Waals surface area contributed by atoms with Gasteiger partial charge in [-0.1, -0.05) is 6.07 Å². The number of carbonyl (C=O) groups is 1. The predicted molar refractivity (Wildman–Crippen MR) is 110 cm³/mol. The zero-order valence-electron chi connectivity index (χ0n) is 17.1. The van der Waals surface area contributed by atoms with E-state index in [4.69, 9.17) is 10.9 Å². The number of carbonyl (C=O) groups excluding carboxylic acids is 1. The monoisotopic (exact) mass is 457 g/mol. The lowest BCUT2D eigenvalue weighted by molar-refractivity contribution is -0.145. The molecule has 1 aromatic carbocycles. The fourth-order valence-corrected chi connectivity index (χ4v) is 6.40. The van der Waals surface area contributed by atoms with Gasteiger partial charge in [0.15, 0.2) is 4.91 Å². The van der Waals surface area contributed by atoms with E-state index in [0.717, 1.165) is 47.9 Å². The average molecular weight is 458 g/mol. The van der Waals surface area contributed by atoms with Crippen LogP contribution in [0.25, 0.3) is 5.57 Å². The van der Waals surface area contributed by atoms with Crippen molar-refractivity contribution in [2.24, 2.45) is 10.9 Å². The lowest BCUT2D eigenvalue weighted by Crippen LogP contribution is -2.40. The molecular formula is C21H26F3N3O3S. The molecule has 0 bridgehead atoms. The number of fused-ring (bicyclic) bond motifs is 2. The predicted octanol–water partition coefficient (Wildman–Crippen LogP) is 2.18. The third-order valence-corrected chi connectivity index (χ3v) is 7.56. The van der Waals surface area contributed by atoms with E-state index < -0.39 is 39.6 Å². The first-order valence-electron chi connectivity index (χ1n) is 10.5. The van der Waals surface area contributed by atoms with Gasteiger partial charge in [0.05, 0.1) is 6.54 Å². The minimum absolute atomic E-state index is 0.0775. The Bertz CT molecular complexity index is 1030. The molecule has 0 spiro atoms. The summed E-state index contributed by atoms with van der Waals surface area (Å²) in [5.74, 6) is -1.22. The van der Waals surface area contributed by atoms with Gasteiger partial charge in [-0.3, -0.25) is 9.69 Å². The first kappa shape index (κ1) is 22.3. The summed E-state index contributed by atoms with van der Waals surface area (Å²) < 4.78 is 64.9. The maximum Gasteiger partial charge on any atom is 0.401 e. The molecule has 1 amide bonds. The third kappa shape index (κ3) is 4.25. The first-order chi connectivity index (χ1) is 14.5. The van der Waals surface area contributed by atoms with Crippen LogP contribution >= 0.6 is 0 Å². The van der Waals surface area contributed by atoms with Crippen molar-refractivity contribution in [3.05, 3.63) is 38.8 Å². The fraction of sp³-hybridized carbons (Fsp3) is 0.571. The van der Waals surface area contributed by atoms with Crippen LogP contribution in [0.5, 0.6) is 0 Å². The van der Waals surface area contributed by atoms with Crippen LogP contribution in [0.2, 0.25) is 0 Å². The highest BCUT2D eigenvalue weighted by Gasteiger charge is 2.42. The van der Waals surface area contributed by atoms with Crippen molar-refractivity contribution in [3.63, 3.8) is 0 Å². The van der Waals surface area contributed by atoms with E-state index in [0.29, 0.717) is 31.2 Å². The minimum atomic E-state index is -4.55. The minimum Gasteiger partial charge on any atom is -0.365 e. The number of hydrogen-bond donors (Lipinski definition) is 2. The smallest absolute Gasteiger partial charge is 0.365 e. The van der Waals surface area contributed by atoms with Crippen LogP contribution in [0, 0.1) is 0 Å². The van der Waals surface area contributed by atoms with E-state index in [2.05, 4.69) is 6.07 Å². The summed E-state index contributed by atoms with van der Waals surface area (Å²) >= 11 is 0. The quantitative estimate of drug-likeness (QED) is 0.661. The lowest BCUT2D eigenvalue weighted by atomic mass is 9.85. The van der Waals surface area contributed by atoms with Gasteiger partial charge in [-0.15, -0.1) is 0 Å². The number of halogens is 3. The molecule has 2 aliphatic carbocycles. The number of nitrogens with two attached hydrogens (primary N) is 2. The Morgan fingerprint density at radius 2 is 1.65 bits per heavy atom. The second-order valence-electron chi connectivity index (χ2n) is 8.63. The van der Waals surface area contributed by atoms with Crippen LogP contribution in [-0.2, 0) is 40.5 Å². The Kier molecular flexibility index (Phi) is 5.68. The fourth-order valence-electron chi connectivity index (χ4n) is 5.57. The van der Waals surface area contributed by atoms with Crippen LogP contribution in [0.1, 0.15) is 53.5 Å². The van der Waals surface area contributed by atoms with Crippen LogP contribution in [-0.4, -0.2) is 44.5 Å². The van der Waals surface area contributed by atoms with Crippen molar-refractivity contribution in [1.82, 2.24) is 4.90 Å². The highest BCUT2D eigenvalue weighted by atomic mass is 32.2. The number of primary amides is 1. The molecule has 1 fully saturated rings. The molecule has 10 heteroatoms. The van der Waals surface area contributed by atoms with Gasteiger partial charge in [-0.25, -0.2) is 13.6 Å². The Hall–Kier alpha value is -1.91. The van der Waals surface area contributed by atoms with Gasteiger partial charge in [-0.05, 0) is 85.7 Å². The Labute approximate surface area is 179 Å². The maximum atomic E-state index is 13.3. The Morgan fingerprint density at radius 1 is 1.06 bits per heavy atom. The summed E-state index contributed by atoms with van der Waals surface area (Å²) in [6, 6.07) is 1.24. The van der Waals surface area contributed by atoms with Crippen LogP contribution in [0.15, 0.2) is 11.0 Å². The molecule has 31 heavy (non-hydrogen) atoms. The molecule has 6 nitrogen and oxygen atoms in total. The number of likely N-dealkylation sites (tertiary alicyclic amines) is 1. The van der Waals surface area contributed by atoms with Crippen molar-refractivity contribution >= 4 is 21.5 Å². The molecule has 0 radical (unpaired) electrons. The second kappa shape index (κ2) is 7.90. The number of nitrogens with zero attached hydrogens (tertiary/aromatic N) is 1. The molecule has 170 valence electrons. The summed E-state index contributed by atoms with van der Waals surface area (Å²) in [5.41, 5.74) is 10.2. The van der Waals surface area contributed by atoms with E-state index in [9.17, 15) is 26.4 Å². The molecule has 1 saturated heterocycles. The van der Waals surface area contributed by atoms with Gasteiger partial charge in [0.1, 0.15) is 0 Å². The van der Waals surface area contributed by atoms with E-state index in [1.54, 1.807) is 0 Å². The number of benzene rings is 1. The van der Waals surface area contributed by atoms with Gasteiger partial charge in [0, 0.05) is 11.6 Å². The van der Waals surface area contributed by atoms with Crippen molar-refractivity contribution < 1.29 is 26.4 Å². The standard InChI is InChI=1S/C21H26F3N3O3S/c22-21(23,24)11-27-9-3-8-16(27)18(19(20(25)28)31(26,29)30)17-14-6-1-4-12(14)10-13-5-2-7-15(13)17/h10,16H,1-9,11H2,(H2,25,28)(H2,26,29,30). The van der Waals surface area contributed by atoms with E-state index >= 15 is 0 Å². The molecule has 0 aromatic heterocycles. The molecule has 1 atom stereocenters. The Morgan fingerprint density at radius 3 is 2.13 bits per heavy atom. The largest absolute Gasteiger partial charge is 0.401 e. The SMILES string of the molecule is NC(=O)C(=C(c1c2c(cc3c1CCC3)CCC2)C1CCCN1CC(F)(F)F)S(N)(=O)=O. The van der Waals surface area contributed by atoms with Crippen LogP contribution in [0.3, 0.4) is 0 Å². The molecule has 0 saturated carbocycles. The molecule has 4 rings (SSSR count). The average Bonchev–Trinajstić information content (AvgIpc) is 3.35. The third-order valence-electron chi connectivity index (χ3n) is 6.57. The van der Waals surface area contributed by atoms with Crippen LogP contribution < -0.4 is 10.9 Å². The Balaban J connectivity index is 2.02. The highest BCUT2D eigenvalue weighted by molar-refractivity contribution is 7.94. The highest BCUT2D eigenvalue weighted by Crippen LogP contribution is 2.44. The van der Waals surface area contributed by atoms with Crippen LogP contribution in [0.4, 0.5) is 13.2 Å². The summed E-state index contributed by atoms with van der Waals surface area (Å²) in [6.07, 6.45) is 1.06. The summed E-state index contributed by atoms with van der Waals surface area (Å²) in [6.45, 7) is -1.03. The molecule has 1 aromatic rings.